The SMILES string of the molecule is O=C(CCOCC(F)(F)F)c1c[nH]c2cc(Br)ccc12. The van der Waals surface area contributed by atoms with E-state index >= 15 is 0 Å². The van der Waals surface area contributed by atoms with Gasteiger partial charge in [0.2, 0.25) is 0 Å². The third-order valence-electron chi connectivity index (χ3n) is 2.68. The number of carbonyl (C=O) groups excluding carboxylic acids is 1. The molecule has 0 unspecified atom stereocenters. The van der Waals surface area contributed by atoms with Crippen LogP contribution in [-0.4, -0.2) is 30.2 Å². The van der Waals surface area contributed by atoms with Gasteiger partial charge < -0.3 is 9.72 Å². The number of aromatic nitrogens is 1. The number of H-pyrrole nitrogens is 1. The lowest BCUT2D eigenvalue weighted by Crippen LogP contribution is -2.18. The van der Waals surface area contributed by atoms with Crippen LogP contribution < -0.4 is 0 Å². The second kappa shape index (κ2) is 5.97. The molecule has 0 spiro atoms. The highest BCUT2D eigenvalue weighted by Crippen LogP contribution is 2.23. The molecule has 0 bridgehead atoms. The van der Waals surface area contributed by atoms with Crippen molar-refractivity contribution in [2.24, 2.45) is 0 Å². The Labute approximate surface area is 121 Å². The molecule has 0 saturated carbocycles. The highest BCUT2D eigenvalue weighted by atomic mass is 79.9. The minimum Gasteiger partial charge on any atom is -0.372 e. The zero-order chi connectivity index (χ0) is 14.8. The van der Waals surface area contributed by atoms with Crippen LogP contribution in [0.5, 0.6) is 0 Å². The molecule has 0 saturated heterocycles. The summed E-state index contributed by atoms with van der Waals surface area (Å²) in [5.74, 6) is -0.249. The monoisotopic (exact) mass is 349 g/mol. The number of alkyl halides is 3. The Morgan fingerprint density at radius 2 is 2.10 bits per heavy atom. The zero-order valence-corrected chi connectivity index (χ0v) is 11.8. The third-order valence-corrected chi connectivity index (χ3v) is 3.18. The van der Waals surface area contributed by atoms with Crippen molar-refractivity contribution in [2.75, 3.05) is 13.2 Å². The van der Waals surface area contributed by atoms with Gasteiger partial charge in [0.15, 0.2) is 5.78 Å². The first-order valence-corrected chi connectivity index (χ1v) is 6.60. The summed E-state index contributed by atoms with van der Waals surface area (Å²) in [4.78, 5) is 14.9. The average molecular weight is 350 g/mol. The van der Waals surface area contributed by atoms with Gasteiger partial charge in [0.05, 0.1) is 6.61 Å². The predicted octanol–water partition coefficient (Wildman–Crippen LogP) is 4.08. The third kappa shape index (κ3) is 3.83. The molecule has 0 atom stereocenters. The Hall–Kier alpha value is -1.34. The van der Waals surface area contributed by atoms with E-state index in [9.17, 15) is 18.0 Å². The molecule has 1 N–H and O–H groups in total. The summed E-state index contributed by atoms with van der Waals surface area (Å²) in [6.45, 7) is -1.58. The number of fused-ring (bicyclic) bond motifs is 1. The van der Waals surface area contributed by atoms with Gasteiger partial charge in [-0.2, -0.15) is 13.2 Å². The van der Waals surface area contributed by atoms with E-state index in [0.29, 0.717) is 5.56 Å². The van der Waals surface area contributed by atoms with Gasteiger partial charge in [-0.15, -0.1) is 0 Å². The first-order chi connectivity index (χ1) is 9.37. The number of ketones is 1. The Bertz CT molecular complexity index is 622. The Morgan fingerprint density at radius 1 is 1.35 bits per heavy atom. The average Bonchev–Trinajstić information content (AvgIpc) is 2.76. The second-order valence-electron chi connectivity index (χ2n) is 4.23. The summed E-state index contributed by atoms with van der Waals surface area (Å²) < 4.78 is 40.9. The normalized spacial score (nSPS) is 12.0. The minimum absolute atomic E-state index is 0.0842. The molecule has 0 aliphatic rings. The van der Waals surface area contributed by atoms with Crippen LogP contribution in [0.2, 0.25) is 0 Å². The number of aromatic amines is 1. The Balaban J connectivity index is 1.98. The van der Waals surface area contributed by atoms with E-state index in [1.807, 2.05) is 6.07 Å². The van der Waals surface area contributed by atoms with E-state index in [-0.39, 0.29) is 18.8 Å². The molecule has 7 heteroatoms. The molecule has 1 aromatic heterocycles. The number of hydrogen-bond donors (Lipinski definition) is 1. The largest absolute Gasteiger partial charge is 0.411 e. The van der Waals surface area contributed by atoms with E-state index in [2.05, 4.69) is 25.7 Å². The molecule has 0 radical (unpaired) electrons. The predicted molar refractivity (Wildman–Crippen MR) is 71.8 cm³/mol. The molecule has 0 fully saturated rings. The van der Waals surface area contributed by atoms with E-state index < -0.39 is 12.8 Å². The number of rotatable bonds is 5. The van der Waals surface area contributed by atoms with Crippen LogP contribution in [0.1, 0.15) is 16.8 Å². The molecule has 1 heterocycles. The highest BCUT2D eigenvalue weighted by molar-refractivity contribution is 9.10. The summed E-state index contributed by atoms with van der Waals surface area (Å²) in [6, 6.07) is 5.40. The van der Waals surface area contributed by atoms with Gasteiger partial charge in [0.25, 0.3) is 0 Å². The van der Waals surface area contributed by atoms with Gasteiger partial charge in [-0.25, -0.2) is 0 Å². The van der Waals surface area contributed by atoms with Gasteiger partial charge >= 0.3 is 6.18 Å². The maximum atomic E-state index is 11.9. The molecule has 2 aromatic rings. The fraction of sp³-hybridized carbons (Fsp3) is 0.308. The zero-order valence-electron chi connectivity index (χ0n) is 10.3. The minimum atomic E-state index is -4.36. The molecule has 1 aromatic carbocycles. The number of benzene rings is 1. The molecule has 0 amide bonds. The summed E-state index contributed by atoms with van der Waals surface area (Å²) >= 11 is 3.32. The molecule has 3 nitrogen and oxygen atoms in total. The van der Waals surface area contributed by atoms with E-state index in [4.69, 9.17) is 0 Å². The number of nitrogens with one attached hydrogen (secondary N) is 1. The molecule has 20 heavy (non-hydrogen) atoms. The van der Waals surface area contributed by atoms with Gasteiger partial charge in [-0.1, -0.05) is 22.0 Å². The van der Waals surface area contributed by atoms with Crippen molar-refractivity contribution in [1.29, 1.82) is 0 Å². The summed E-state index contributed by atoms with van der Waals surface area (Å²) in [7, 11) is 0. The van der Waals surface area contributed by atoms with E-state index in [1.165, 1.54) is 0 Å². The van der Waals surface area contributed by atoms with Crippen molar-refractivity contribution in [1.82, 2.24) is 4.98 Å². The van der Waals surface area contributed by atoms with Crippen LogP contribution in [0.3, 0.4) is 0 Å². The van der Waals surface area contributed by atoms with Crippen molar-refractivity contribution in [3.8, 4) is 0 Å². The number of ether oxygens (including phenoxy) is 1. The fourth-order valence-electron chi connectivity index (χ4n) is 1.82. The summed E-state index contributed by atoms with van der Waals surface area (Å²) in [5, 5.41) is 0.744. The first-order valence-electron chi connectivity index (χ1n) is 5.81. The van der Waals surface area contributed by atoms with Crippen LogP contribution in [0, 0.1) is 0 Å². The van der Waals surface area contributed by atoms with E-state index in [1.54, 1.807) is 18.3 Å². The molecular formula is C13H11BrF3NO2. The number of Topliss-reactive ketones (excluding diaryl/α,β-unsaturated/α-hetero) is 1. The first kappa shape index (κ1) is 15.1. The molecule has 2 rings (SSSR count). The lowest BCUT2D eigenvalue weighted by atomic mass is 10.1. The van der Waals surface area contributed by atoms with Gasteiger partial charge in [0, 0.05) is 33.6 Å². The smallest absolute Gasteiger partial charge is 0.372 e. The maximum absolute atomic E-state index is 11.9. The van der Waals surface area contributed by atoms with Gasteiger partial charge in [0.1, 0.15) is 6.61 Å². The highest BCUT2D eigenvalue weighted by Gasteiger charge is 2.27. The number of carbonyl (C=O) groups is 1. The summed E-state index contributed by atoms with van der Waals surface area (Å²) in [5.41, 5.74) is 1.25. The van der Waals surface area contributed by atoms with Crippen molar-refractivity contribution in [3.63, 3.8) is 0 Å². The van der Waals surface area contributed by atoms with Crippen molar-refractivity contribution in [2.45, 2.75) is 12.6 Å². The number of halogens is 4. The maximum Gasteiger partial charge on any atom is 0.411 e. The quantitative estimate of drug-likeness (QED) is 0.652. The lowest BCUT2D eigenvalue weighted by molar-refractivity contribution is -0.173. The molecular weight excluding hydrogens is 339 g/mol. The fourth-order valence-corrected chi connectivity index (χ4v) is 2.18. The van der Waals surface area contributed by atoms with E-state index in [0.717, 1.165) is 15.4 Å². The number of hydrogen-bond acceptors (Lipinski definition) is 2. The van der Waals surface area contributed by atoms with Crippen LogP contribution in [0.4, 0.5) is 13.2 Å². The van der Waals surface area contributed by atoms with Gasteiger partial charge in [-0.3, -0.25) is 4.79 Å². The van der Waals surface area contributed by atoms with Crippen molar-refractivity contribution >= 4 is 32.6 Å². The van der Waals surface area contributed by atoms with Gasteiger partial charge in [-0.05, 0) is 12.1 Å². The molecule has 108 valence electrons. The Kier molecular flexibility index (Phi) is 4.49. The van der Waals surface area contributed by atoms with Crippen LogP contribution >= 0.6 is 15.9 Å². The van der Waals surface area contributed by atoms with Crippen LogP contribution in [0.25, 0.3) is 10.9 Å². The van der Waals surface area contributed by atoms with Crippen LogP contribution in [-0.2, 0) is 4.74 Å². The lowest BCUT2D eigenvalue weighted by Gasteiger charge is -2.06. The van der Waals surface area contributed by atoms with Crippen molar-refractivity contribution in [3.05, 3.63) is 34.4 Å². The standard InChI is InChI=1S/C13H11BrF3NO2/c14-8-1-2-9-10(6-18-11(9)5-8)12(19)3-4-20-7-13(15,16)17/h1-2,5-6,18H,3-4,7H2. The second-order valence-corrected chi connectivity index (χ2v) is 5.15. The topological polar surface area (TPSA) is 42.1 Å². The summed E-state index contributed by atoms with van der Waals surface area (Å²) in [6.07, 6.45) is -2.89. The molecule has 0 aliphatic heterocycles. The van der Waals surface area contributed by atoms with Crippen molar-refractivity contribution < 1.29 is 22.7 Å². The van der Waals surface area contributed by atoms with Crippen LogP contribution in [0.15, 0.2) is 28.9 Å². The Morgan fingerprint density at radius 3 is 2.80 bits per heavy atom. The molecule has 0 aliphatic carbocycles.